The number of ether oxygens (including phenoxy) is 1. The first-order chi connectivity index (χ1) is 12.1. The van der Waals surface area contributed by atoms with E-state index in [1.807, 2.05) is 0 Å². The van der Waals surface area contributed by atoms with E-state index in [4.69, 9.17) is 9.73 Å². The number of hydrogen-bond donors (Lipinski definition) is 1. The molecule has 25 heavy (non-hydrogen) atoms. The molecule has 134 valence electrons. The molecule has 0 atom stereocenters. The smallest absolute Gasteiger partial charge is 0.135 e. The molecule has 1 N–H and O–H groups in total. The number of anilines is 1. The maximum Gasteiger partial charge on any atom is 0.135 e. The van der Waals surface area contributed by atoms with Crippen LogP contribution in [-0.4, -0.2) is 37.6 Å². The molecule has 0 amide bonds. The third kappa shape index (κ3) is 3.98. The molecule has 1 aromatic carbocycles. The monoisotopic (exact) mass is 357 g/mol. The van der Waals surface area contributed by atoms with Gasteiger partial charge in [0.25, 0.3) is 0 Å². The highest BCUT2D eigenvalue weighted by molar-refractivity contribution is 7.14. The maximum atomic E-state index is 6.06. The van der Waals surface area contributed by atoms with Crippen LogP contribution in [0.25, 0.3) is 0 Å². The van der Waals surface area contributed by atoms with Crippen LogP contribution in [0.2, 0.25) is 0 Å². The Labute approximate surface area is 154 Å². The molecule has 3 rings (SSSR count). The van der Waals surface area contributed by atoms with Crippen LogP contribution in [-0.2, 0) is 6.42 Å². The highest BCUT2D eigenvalue weighted by atomic mass is 32.1. The van der Waals surface area contributed by atoms with Crippen molar-refractivity contribution >= 4 is 22.2 Å². The predicted octanol–water partition coefficient (Wildman–Crippen LogP) is 4.46. The summed E-state index contributed by atoms with van der Waals surface area (Å²) in [5.41, 5.74) is 5.02. The fraction of sp³-hybridized carbons (Fsp3) is 0.450. The van der Waals surface area contributed by atoms with Gasteiger partial charge in [-0.25, -0.2) is 0 Å². The Balaban J connectivity index is 1.64. The van der Waals surface area contributed by atoms with E-state index < -0.39 is 0 Å². The minimum absolute atomic E-state index is 0.596. The van der Waals surface area contributed by atoms with Crippen LogP contribution in [0.15, 0.2) is 28.6 Å². The summed E-state index contributed by atoms with van der Waals surface area (Å²) in [6.07, 6.45) is 2.29. The molecule has 0 radical (unpaired) electrons. The van der Waals surface area contributed by atoms with Crippen LogP contribution in [0.5, 0.6) is 5.75 Å². The SMILES string of the molecule is CCCc1cc(C)c(OCCN=C2c3ccsc3NCN2C)c(C)c1. The normalized spacial score (nSPS) is 15.2. The molecule has 1 aliphatic heterocycles. The van der Waals surface area contributed by atoms with Crippen molar-refractivity contribution in [1.29, 1.82) is 0 Å². The molecule has 0 unspecified atom stereocenters. The lowest BCUT2D eigenvalue weighted by atomic mass is 10.0. The molecular weight excluding hydrogens is 330 g/mol. The van der Waals surface area contributed by atoms with Crippen molar-refractivity contribution in [2.24, 2.45) is 4.99 Å². The van der Waals surface area contributed by atoms with E-state index in [0.29, 0.717) is 13.2 Å². The standard InChI is InChI=1S/C20H27N3OS/c1-5-6-16-11-14(2)18(15(3)12-16)24-9-8-21-19-17-7-10-25-20(17)22-13-23(19)4/h7,10-12,22H,5-6,8-9,13H2,1-4H3. The van der Waals surface area contributed by atoms with E-state index >= 15 is 0 Å². The van der Waals surface area contributed by atoms with Crippen LogP contribution in [0.3, 0.4) is 0 Å². The zero-order valence-electron chi connectivity index (χ0n) is 15.6. The van der Waals surface area contributed by atoms with Crippen molar-refractivity contribution in [2.75, 3.05) is 32.2 Å². The second kappa shape index (κ2) is 7.91. The van der Waals surface area contributed by atoms with E-state index in [1.165, 1.54) is 33.7 Å². The Kier molecular flexibility index (Phi) is 5.63. The van der Waals surface area contributed by atoms with Gasteiger partial charge in [0.1, 0.15) is 23.2 Å². The molecule has 1 aromatic heterocycles. The van der Waals surface area contributed by atoms with E-state index in [9.17, 15) is 0 Å². The third-order valence-corrected chi connectivity index (χ3v) is 5.27. The fourth-order valence-electron chi connectivity index (χ4n) is 3.30. The third-order valence-electron chi connectivity index (χ3n) is 4.40. The van der Waals surface area contributed by atoms with Crippen LogP contribution in [0.4, 0.5) is 5.00 Å². The molecule has 0 aliphatic carbocycles. The molecule has 4 nitrogen and oxygen atoms in total. The summed E-state index contributed by atoms with van der Waals surface area (Å²) in [4.78, 5) is 6.93. The van der Waals surface area contributed by atoms with Crippen LogP contribution < -0.4 is 10.1 Å². The van der Waals surface area contributed by atoms with Crippen molar-refractivity contribution in [1.82, 2.24) is 4.90 Å². The lowest BCUT2D eigenvalue weighted by Gasteiger charge is -2.27. The lowest BCUT2D eigenvalue weighted by Crippen LogP contribution is -2.37. The molecular formula is C20H27N3OS. The summed E-state index contributed by atoms with van der Waals surface area (Å²) < 4.78 is 6.06. The molecule has 5 heteroatoms. The Morgan fingerprint density at radius 2 is 2.04 bits per heavy atom. The minimum atomic E-state index is 0.596. The van der Waals surface area contributed by atoms with Gasteiger partial charge in [-0.05, 0) is 48.4 Å². The van der Waals surface area contributed by atoms with Gasteiger partial charge < -0.3 is 15.0 Å². The summed E-state index contributed by atoms with van der Waals surface area (Å²) in [6, 6.07) is 6.62. The second-order valence-corrected chi connectivity index (χ2v) is 7.47. The Bertz CT molecular complexity index is 743. The number of amidine groups is 1. The molecule has 0 saturated carbocycles. The van der Waals surface area contributed by atoms with E-state index in [2.05, 4.69) is 61.6 Å². The number of rotatable bonds is 6. The van der Waals surface area contributed by atoms with Gasteiger partial charge in [-0.1, -0.05) is 25.5 Å². The van der Waals surface area contributed by atoms with Gasteiger partial charge in [0.2, 0.25) is 0 Å². The van der Waals surface area contributed by atoms with Crippen molar-refractivity contribution in [3.8, 4) is 5.75 Å². The van der Waals surface area contributed by atoms with Gasteiger partial charge in [0.05, 0.1) is 18.8 Å². The highest BCUT2D eigenvalue weighted by Crippen LogP contribution is 2.28. The van der Waals surface area contributed by atoms with Crippen LogP contribution >= 0.6 is 11.3 Å². The second-order valence-electron chi connectivity index (χ2n) is 6.56. The number of hydrogen-bond acceptors (Lipinski definition) is 4. The first-order valence-corrected chi connectivity index (χ1v) is 9.78. The molecule has 0 fully saturated rings. The number of aryl methyl sites for hydroxylation is 3. The van der Waals surface area contributed by atoms with Gasteiger partial charge >= 0.3 is 0 Å². The first kappa shape index (κ1) is 17.8. The average Bonchev–Trinajstić information content (AvgIpc) is 3.04. The van der Waals surface area contributed by atoms with Gasteiger partial charge in [-0.3, -0.25) is 4.99 Å². The van der Waals surface area contributed by atoms with E-state index in [0.717, 1.165) is 24.7 Å². The zero-order chi connectivity index (χ0) is 17.8. The Hall–Kier alpha value is -2.01. The van der Waals surface area contributed by atoms with Crippen LogP contribution in [0.1, 0.15) is 35.6 Å². The largest absolute Gasteiger partial charge is 0.491 e. The van der Waals surface area contributed by atoms with E-state index in [-0.39, 0.29) is 0 Å². The molecule has 2 heterocycles. The number of thiophene rings is 1. The highest BCUT2D eigenvalue weighted by Gasteiger charge is 2.19. The topological polar surface area (TPSA) is 36.9 Å². The Morgan fingerprint density at radius 3 is 2.76 bits per heavy atom. The summed E-state index contributed by atoms with van der Waals surface area (Å²) >= 11 is 1.73. The van der Waals surface area contributed by atoms with Gasteiger partial charge in [0, 0.05) is 7.05 Å². The molecule has 0 bridgehead atoms. The van der Waals surface area contributed by atoms with Gasteiger partial charge in [0.15, 0.2) is 0 Å². The average molecular weight is 358 g/mol. The Morgan fingerprint density at radius 1 is 1.28 bits per heavy atom. The minimum Gasteiger partial charge on any atom is -0.491 e. The first-order valence-electron chi connectivity index (χ1n) is 8.90. The van der Waals surface area contributed by atoms with Gasteiger partial charge in [-0.2, -0.15) is 0 Å². The summed E-state index contributed by atoms with van der Waals surface area (Å²) in [7, 11) is 2.06. The summed E-state index contributed by atoms with van der Waals surface area (Å²) in [6.45, 7) is 8.52. The molecule has 0 saturated heterocycles. The zero-order valence-corrected chi connectivity index (χ0v) is 16.4. The maximum absolute atomic E-state index is 6.06. The van der Waals surface area contributed by atoms with E-state index in [1.54, 1.807) is 11.3 Å². The number of aliphatic imine (C=N–C) groups is 1. The number of fused-ring (bicyclic) bond motifs is 1. The number of nitrogens with zero attached hydrogens (tertiary/aromatic N) is 2. The summed E-state index contributed by atoms with van der Waals surface area (Å²) in [5.74, 6) is 2.06. The van der Waals surface area contributed by atoms with Crippen molar-refractivity contribution in [3.05, 3.63) is 45.8 Å². The predicted molar refractivity (Wildman–Crippen MR) is 107 cm³/mol. The van der Waals surface area contributed by atoms with Crippen LogP contribution in [0, 0.1) is 13.8 Å². The molecule has 0 spiro atoms. The summed E-state index contributed by atoms with van der Waals surface area (Å²) in [5, 5.41) is 6.71. The fourth-order valence-corrected chi connectivity index (χ4v) is 4.07. The lowest BCUT2D eigenvalue weighted by molar-refractivity contribution is 0.323. The van der Waals surface area contributed by atoms with Gasteiger partial charge in [-0.15, -0.1) is 11.3 Å². The van der Waals surface area contributed by atoms with Crippen molar-refractivity contribution < 1.29 is 4.74 Å². The molecule has 1 aliphatic rings. The number of nitrogens with one attached hydrogen (secondary N) is 1. The molecule has 2 aromatic rings. The van der Waals surface area contributed by atoms with Crippen molar-refractivity contribution in [2.45, 2.75) is 33.6 Å². The number of benzene rings is 1. The quantitative estimate of drug-likeness (QED) is 0.776. The van der Waals surface area contributed by atoms with Crippen molar-refractivity contribution in [3.63, 3.8) is 0 Å².